The molecule has 4 nitrogen and oxygen atoms in total. The molecular formula is C28H42N2O2. The van der Waals surface area contributed by atoms with Crippen LogP contribution in [0.15, 0.2) is 36.4 Å². The van der Waals surface area contributed by atoms with Crippen molar-refractivity contribution in [2.45, 2.75) is 71.9 Å². The fraction of sp³-hybridized carbons (Fsp3) is 0.571. The first-order valence-electron chi connectivity index (χ1n) is 11.9. The van der Waals surface area contributed by atoms with Crippen LogP contribution < -0.4 is 0 Å². The maximum absolute atomic E-state index is 11.0. The third kappa shape index (κ3) is 6.12. The van der Waals surface area contributed by atoms with Crippen LogP contribution in [0, 0.1) is 6.92 Å². The SMILES string of the molecule is Cc1ccc(C(O)CN2CCN(Cc3cc(C(C)(C)C)c(O)c(C(C)(C)C)c3)CC2)cc1. The van der Waals surface area contributed by atoms with Crippen LogP contribution in [0.1, 0.15) is 75.5 Å². The molecule has 0 radical (unpaired) electrons. The van der Waals surface area contributed by atoms with Crippen molar-refractivity contribution in [1.82, 2.24) is 9.80 Å². The normalized spacial score (nSPS) is 17.5. The number of aromatic hydroxyl groups is 1. The van der Waals surface area contributed by atoms with E-state index in [-0.39, 0.29) is 10.8 Å². The Morgan fingerprint density at radius 2 is 1.28 bits per heavy atom. The molecule has 1 atom stereocenters. The highest BCUT2D eigenvalue weighted by Gasteiger charge is 2.27. The Labute approximate surface area is 194 Å². The number of β-amino-alcohol motifs (C(OH)–C–C–N with tert-alkyl or cyclic N) is 1. The van der Waals surface area contributed by atoms with Gasteiger partial charge in [0.1, 0.15) is 5.75 Å². The molecule has 1 aliphatic rings. The zero-order valence-electron chi connectivity index (χ0n) is 21.1. The number of hydrogen-bond acceptors (Lipinski definition) is 4. The van der Waals surface area contributed by atoms with E-state index < -0.39 is 6.10 Å². The van der Waals surface area contributed by atoms with Gasteiger partial charge >= 0.3 is 0 Å². The van der Waals surface area contributed by atoms with Crippen molar-refractivity contribution in [3.63, 3.8) is 0 Å². The van der Waals surface area contributed by atoms with Gasteiger partial charge in [0.05, 0.1) is 6.10 Å². The highest BCUT2D eigenvalue weighted by atomic mass is 16.3. The van der Waals surface area contributed by atoms with Crippen molar-refractivity contribution in [2.75, 3.05) is 32.7 Å². The summed E-state index contributed by atoms with van der Waals surface area (Å²) in [5, 5.41) is 21.6. The quantitative estimate of drug-likeness (QED) is 0.678. The number of nitrogens with zero attached hydrogens (tertiary/aromatic N) is 2. The van der Waals surface area contributed by atoms with Gasteiger partial charge in [0.25, 0.3) is 0 Å². The molecule has 0 aliphatic carbocycles. The van der Waals surface area contributed by atoms with Gasteiger partial charge in [0.2, 0.25) is 0 Å². The molecule has 0 saturated carbocycles. The van der Waals surface area contributed by atoms with Gasteiger partial charge in [0, 0.05) is 39.3 Å². The minimum atomic E-state index is -0.442. The molecule has 0 spiro atoms. The number of aliphatic hydroxyl groups is 1. The summed E-state index contributed by atoms with van der Waals surface area (Å²) in [5.74, 6) is 0.448. The minimum absolute atomic E-state index is 0.106. The van der Waals surface area contributed by atoms with Crippen molar-refractivity contribution < 1.29 is 10.2 Å². The molecule has 176 valence electrons. The van der Waals surface area contributed by atoms with Crippen molar-refractivity contribution >= 4 is 0 Å². The van der Waals surface area contributed by atoms with E-state index in [1.54, 1.807) is 0 Å². The van der Waals surface area contributed by atoms with Crippen molar-refractivity contribution in [3.05, 3.63) is 64.2 Å². The molecule has 1 saturated heterocycles. The van der Waals surface area contributed by atoms with Crippen LogP contribution in [-0.2, 0) is 17.4 Å². The average Bonchev–Trinajstić information content (AvgIpc) is 2.69. The van der Waals surface area contributed by atoms with Gasteiger partial charge in [-0.05, 0) is 40.0 Å². The third-order valence-corrected chi connectivity index (χ3v) is 6.55. The third-order valence-electron chi connectivity index (χ3n) is 6.55. The van der Waals surface area contributed by atoms with Gasteiger partial charge in [-0.25, -0.2) is 0 Å². The second kappa shape index (κ2) is 9.54. The minimum Gasteiger partial charge on any atom is -0.507 e. The zero-order valence-corrected chi connectivity index (χ0v) is 21.1. The molecule has 0 aromatic heterocycles. The highest BCUT2D eigenvalue weighted by molar-refractivity contribution is 5.49. The molecule has 2 N–H and O–H groups in total. The monoisotopic (exact) mass is 438 g/mol. The maximum Gasteiger partial charge on any atom is 0.123 e. The summed E-state index contributed by atoms with van der Waals surface area (Å²) in [5.41, 5.74) is 5.32. The molecule has 1 heterocycles. The number of rotatable bonds is 5. The summed E-state index contributed by atoms with van der Waals surface area (Å²) < 4.78 is 0. The van der Waals surface area contributed by atoms with E-state index in [0.717, 1.165) is 49.4 Å². The first-order valence-corrected chi connectivity index (χ1v) is 11.9. The van der Waals surface area contributed by atoms with E-state index in [0.29, 0.717) is 12.3 Å². The molecule has 1 aliphatic heterocycles. The number of hydrogen-bond donors (Lipinski definition) is 2. The van der Waals surface area contributed by atoms with Crippen LogP contribution in [0.5, 0.6) is 5.75 Å². The van der Waals surface area contributed by atoms with E-state index >= 15 is 0 Å². The number of benzene rings is 2. The number of phenolic OH excluding ortho intramolecular Hbond substituents is 1. The first kappa shape index (κ1) is 24.8. The molecule has 3 rings (SSSR count). The second-order valence-corrected chi connectivity index (χ2v) is 11.5. The Morgan fingerprint density at radius 1 is 0.812 bits per heavy atom. The standard InChI is InChI=1S/C28H42N2O2/c1-20-8-10-22(11-9-20)25(31)19-30-14-12-29(13-15-30)18-21-16-23(27(2,3)4)26(32)24(17-21)28(5,6)7/h8-11,16-17,25,31-32H,12-15,18-19H2,1-7H3. The number of aryl methyl sites for hydroxylation is 1. The van der Waals surface area contributed by atoms with E-state index in [9.17, 15) is 10.2 Å². The van der Waals surface area contributed by atoms with Crippen molar-refractivity contribution in [1.29, 1.82) is 0 Å². The molecule has 0 amide bonds. The first-order chi connectivity index (χ1) is 14.8. The Balaban J connectivity index is 1.65. The predicted octanol–water partition coefficient (Wildman–Crippen LogP) is 5.15. The number of phenols is 1. The van der Waals surface area contributed by atoms with E-state index in [4.69, 9.17) is 0 Å². The lowest BCUT2D eigenvalue weighted by Gasteiger charge is -2.36. The van der Waals surface area contributed by atoms with Gasteiger partial charge in [-0.3, -0.25) is 9.80 Å². The summed E-state index contributed by atoms with van der Waals surface area (Å²) in [6.45, 7) is 20.5. The number of piperazine rings is 1. The Kier molecular flexibility index (Phi) is 7.38. The lowest BCUT2D eigenvalue weighted by atomic mass is 9.78. The van der Waals surface area contributed by atoms with Gasteiger partial charge in [0.15, 0.2) is 0 Å². The van der Waals surface area contributed by atoms with Gasteiger partial charge in [-0.2, -0.15) is 0 Å². The Hall–Kier alpha value is -1.88. The smallest absolute Gasteiger partial charge is 0.123 e. The van der Waals surface area contributed by atoms with E-state index in [2.05, 4.69) is 82.5 Å². The topological polar surface area (TPSA) is 46.9 Å². The summed E-state index contributed by atoms with van der Waals surface area (Å²) >= 11 is 0. The van der Waals surface area contributed by atoms with Crippen molar-refractivity contribution in [2.24, 2.45) is 0 Å². The summed E-state index contributed by atoms with van der Waals surface area (Å²) in [4.78, 5) is 4.85. The van der Waals surface area contributed by atoms with Crippen LogP contribution in [-0.4, -0.2) is 52.7 Å². The summed E-state index contributed by atoms with van der Waals surface area (Å²) in [6, 6.07) is 12.6. The molecular weight excluding hydrogens is 396 g/mol. The number of aliphatic hydroxyl groups excluding tert-OH is 1. The molecule has 1 unspecified atom stereocenters. The lowest BCUT2D eigenvalue weighted by molar-refractivity contribution is 0.0701. The highest BCUT2D eigenvalue weighted by Crippen LogP contribution is 2.40. The molecule has 2 aromatic carbocycles. The second-order valence-electron chi connectivity index (χ2n) is 11.5. The van der Waals surface area contributed by atoms with E-state index in [1.807, 2.05) is 12.1 Å². The largest absolute Gasteiger partial charge is 0.507 e. The fourth-order valence-corrected chi connectivity index (χ4v) is 4.46. The summed E-state index contributed by atoms with van der Waals surface area (Å²) in [7, 11) is 0. The summed E-state index contributed by atoms with van der Waals surface area (Å²) in [6.07, 6.45) is -0.442. The average molecular weight is 439 g/mol. The van der Waals surface area contributed by atoms with Crippen LogP contribution in [0.2, 0.25) is 0 Å². The van der Waals surface area contributed by atoms with E-state index in [1.165, 1.54) is 11.1 Å². The Morgan fingerprint density at radius 3 is 1.75 bits per heavy atom. The maximum atomic E-state index is 11.0. The molecule has 0 bridgehead atoms. The van der Waals surface area contributed by atoms with Crippen LogP contribution in [0.3, 0.4) is 0 Å². The van der Waals surface area contributed by atoms with Crippen LogP contribution >= 0.6 is 0 Å². The fourth-order valence-electron chi connectivity index (χ4n) is 4.46. The zero-order chi connectivity index (χ0) is 23.7. The molecule has 1 fully saturated rings. The van der Waals surface area contributed by atoms with Crippen molar-refractivity contribution in [3.8, 4) is 5.75 Å². The van der Waals surface area contributed by atoms with Gasteiger partial charge in [-0.1, -0.05) is 83.5 Å². The van der Waals surface area contributed by atoms with Crippen LogP contribution in [0.25, 0.3) is 0 Å². The lowest BCUT2D eigenvalue weighted by Crippen LogP contribution is -2.47. The van der Waals surface area contributed by atoms with Crippen LogP contribution in [0.4, 0.5) is 0 Å². The van der Waals surface area contributed by atoms with Gasteiger partial charge < -0.3 is 10.2 Å². The molecule has 4 heteroatoms. The van der Waals surface area contributed by atoms with Gasteiger partial charge in [-0.15, -0.1) is 0 Å². The predicted molar refractivity (Wildman–Crippen MR) is 133 cm³/mol. The molecule has 2 aromatic rings. The Bertz CT molecular complexity index is 864. The molecule has 32 heavy (non-hydrogen) atoms.